The SMILES string of the molecule is Cn1ncc(OCc2ccccc2)c1OB(O)O. The smallest absolute Gasteiger partial charge is 0.495 e. The molecule has 1 aromatic carbocycles. The summed E-state index contributed by atoms with van der Waals surface area (Å²) in [6, 6.07) is 9.60. The quantitative estimate of drug-likeness (QED) is 0.746. The highest BCUT2D eigenvalue weighted by Crippen LogP contribution is 2.26. The van der Waals surface area contributed by atoms with Crippen molar-refractivity contribution in [3.8, 4) is 11.6 Å². The lowest BCUT2D eigenvalue weighted by molar-refractivity contribution is 0.254. The molecule has 0 amide bonds. The standard InChI is InChI=1S/C11H13BN2O4/c1-14-11(18-12(15)16)10(7-13-14)17-8-9-5-3-2-4-6-9/h2-7,15-16H,8H2,1H3. The number of aryl methyl sites for hydroxylation is 1. The van der Waals surface area contributed by atoms with Crippen LogP contribution in [-0.2, 0) is 13.7 Å². The number of benzene rings is 1. The summed E-state index contributed by atoms with van der Waals surface area (Å²) in [5.41, 5.74) is 0.997. The lowest BCUT2D eigenvalue weighted by Crippen LogP contribution is -2.22. The van der Waals surface area contributed by atoms with E-state index in [2.05, 4.69) is 5.10 Å². The van der Waals surface area contributed by atoms with Crippen molar-refractivity contribution < 1.29 is 19.4 Å². The van der Waals surface area contributed by atoms with Gasteiger partial charge in [0.1, 0.15) is 6.61 Å². The summed E-state index contributed by atoms with van der Waals surface area (Å²) in [7, 11) is -0.285. The van der Waals surface area contributed by atoms with Gasteiger partial charge in [0.05, 0.1) is 6.20 Å². The third-order valence-electron chi connectivity index (χ3n) is 2.31. The molecule has 94 valence electrons. The first-order chi connectivity index (χ1) is 8.66. The lowest BCUT2D eigenvalue weighted by atomic mass is 10.2. The predicted molar refractivity (Wildman–Crippen MR) is 64.8 cm³/mol. The fourth-order valence-electron chi connectivity index (χ4n) is 1.47. The summed E-state index contributed by atoms with van der Waals surface area (Å²) < 4.78 is 11.7. The number of aromatic nitrogens is 2. The molecule has 0 saturated carbocycles. The molecule has 6 nitrogen and oxygen atoms in total. The number of hydrogen-bond acceptors (Lipinski definition) is 5. The highest BCUT2D eigenvalue weighted by Gasteiger charge is 2.19. The zero-order valence-electron chi connectivity index (χ0n) is 9.85. The van der Waals surface area contributed by atoms with Gasteiger partial charge in [-0.1, -0.05) is 30.3 Å². The van der Waals surface area contributed by atoms with Crippen molar-refractivity contribution >= 4 is 7.32 Å². The van der Waals surface area contributed by atoms with Gasteiger partial charge in [-0.05, 0) is 5.56 Å². The second-order valence-electron chi connectivity index (χ2n) is 3.66. The van der Waals surface area contributed by atoms with E-state index in [0.29, 0.717) is 12.4 Å². The number of hydrogen-bond donors (Lipinski definition) is 2. The first-order valence-corrected chi connectivity index (χ1v) is 5.38. The van der Waals surface area contributed by atoms with E-state index in [-0.39, 0.29) is 5.88 Å². The second kappa shape index (κ2) is 5.57. The maximum Gasteiger partial charge on any atom is 0.708 e. The maximum atomic E-state index is 8.79. The Morgan fingerprint density at radius 3 is 2.67 bits per heavy atom. The Morgan fingerprint density at radius 1 is 1.28 bits per heavy atom. The molecule has 0 aliphatic carbocycles. The van der Waals surface area contributed by atoms with Crippen molar-refractivity contribution in [2.45, 2.75) is 6.61 Å². The molecule has 0 radical (unpaired) electrons. The average molecular weight is 248 g/mol. The number of nitrogens with zero attached hydrogens (tertiary/aromatic N) is 2. The number of ether oxygens (including phenoxy) is 1. The minimum Gasteiger partial charge on any atom is -0.495 e. The van der Waals surface area contributed by atoms with Crippen LogP contribution in [0.15, 0.2) is 36.5 Å². The van der Waals surface area contributed by atoms with Crippen LogP contribution in [0, 0.1) is 0 Å². The van der Waals surface area contributed by atoms with E-state index in [4.69, 9.17) is 19.4 Å². The van der Waals surface area contributed by atoms with Crippen LogP contribution in [0.4, 0.5) is 0 Å². The van der Waals surface area contributed by atoms with Crippen LogP contribution >= 0.6 is 0 Å². The van der Waals surface area contributed by atoms with E-state index >= 15 is 0 Å². The van der Waals surface area contributed by atoms with Crippen LogP contribution in [0.5, 0.6) is 11.6 Å². The Morgan fingerprint density at radius 2 is 2.00 bits per heavy atom. The molecule has 0 bridgehead atoms. The second-order valence-corrected chi connectivity index (χ2v) is 3.66. The molecular weight excluding hydrogens is 235 g/mol. The van der Waals surface area contributed by atoms with Crippen molar-refractivity contribution in [2.24, 2.45) is 7.05 Å². The summed E-state index contributed by atoms with van der Waals surface area (Å²) in [4.78, 5) is 0. The molecular formula is C11H13BN2O4. The van der Waals surface area contributed by atoms with Crippen LogP contribution < -0.4 is 9.39 Å². The molecule has 2 N–H and O–H groups in total. The summed E-state index contributed by atoms with van der Waals surface area (Å²) in [5, 5.41) is 21.5. The predicted octanol–water partition coefficient (Wildman–Crippen LogP) is 0.347. The van der Waals surface area contributed by atoms with Crippen molar-refractivity contribution in [3.05, 3.63) is 42.1 Å². The van der Waals surface area contributed by atoms with E-state index in [9.17, 15) is 0 Å². The van der Waals surface area contributed by atoms with Crippen LogP contribution in [0.3, 0.4) is 0 Å². The molecule has 7 heteroatoms. The molecule has 0 aliphatic rings. The zero-order chi connectivity index (χ0) is 13.0. The third-order valence-corrected chi connectivity index (χ3v) is 2.31. The fourth-order valence-corrected chi connectivity index (χ4v) is 1.47. The molecule has 1 heterocycles. The normalized spacial score (nSPS) is 10.2. The van der Waals surface area contributed by atoms with E-state index in [1.807, 2.05) is 30.3 Å². The Bertz CT molecular complexity index is 501. The van der Waals surface area contributed by atoms with Gasteiger partial charge in [0, 0.05) is 7.05 Å². The van der Waals surface area contributed by atoms with Crippen LogP contribution in [-0.4, -0.2) is 27.1 Å². The lowest BCUT2D eigenvalue weighted by Gasteiger charge is -2.09. The summed E-state index contributed by atoms with van der Waals surface area (Å²) >= 11 is 0. The van der Waals surface area contributed by atoms with Crippen molar-refractivity contribution in [2.75, 3.05) is 0 Å². The molecule has 0 saturated heterocycles. The van der Waals surface area contributed by atoms with Gasteiger partial charge in [-0.15, -0.1) is 0 Å². The maximum absolute atomic E-state index is 8.79. The van der Waals surface area contributed by atoms with Gasteiger partial charge in [0.2, 0.25) is 5.88 Å². The molecule has 0 unspecified atom stereocenters. The van der Waals surface area contributed by atoms with Gasteiger partial charge < -0.3 is 19.4 Å². The van der Waals surface area contributed by atoms with Gasteiger partial charge in [-0.25, -0.2) is 4.68 Å². The van der Waals surface area contributed by atoms with E-state index in [1.54, 1.807) is 7.05 Å². The average Bonchev–Trinajstić information content (AvgIpc) is 2.69. The molecule has 2 aromatic rings. The minimum absolute atomic E-state index is 0.168. The molecule has 0 aliphatic heterocycles. The van der Waals surface area contributed by atoms with E-state index in [0.717, 1.165) is 5.56 Å². The fraction of sp³-hybridized carbons (Fsp3) is 0.182. The molecule has 0 spiro atoms. The van der Waals surface area contributed by atoms with Crippen LogP contribution in [0.25, 0.3) is 0 Å². The van der Waals surface area contributed by atoms with Crippen molar-refractivity contribution in [3.63, 3.8) is 0 Å². The topological polar surface area (TPSA) is 76.7 Å². The van der Waals surface area contributed by atoms with E-state index in [1.165, 1.54) is 10.9 Å². The first-order valence-electron chi connectivity index (χ1n) is 5.38. The van der Waals surface area contributed by atoms with Gasteiger partial charge in [0.15, 0.2) is 5.75 Å². The monoisotopic (exact) mass is 248 g/mol. The largest absolute Gasteiger partial charge is 0.708 e. The van der Waals surface area contributed by atoms with Crippen molar-refractivity contribution in [1.82, 2.24) is 9.78 Å². The summed E-state index contributed by atoms with van der Waals surface area (Å²) in [6.45, 7) is 0.352. The minimum atomic E-state index is -1.90. The van der Waals surface area contributed by atoms with Gasteiger partial charge >= 0.3 is 7.32 Å². The molecule has 0 fully saturated rings. The molecule has 18 heavy (non-hydrogen) atoms. The Labute approximate surface area is 105 Å². The molecule has 1 aromatic heterocycles. The van der Waals surface area contributed by atoms with Crippen molar-refractivity contribution in [1.29, 1.82) is 0 Å². The summed E-state index contributed by atoms with van der Waals surface area (Å²) in [5.74, 6) is 0.524. The van der Waals surface area contributed by atoms with Gasteiger partial charge in [-0.3, -0.25) is 0 Å². The first kappa shape index (κ1) is 12.5. The highest BCUT2D eigenvalue weighted by atomic mass is 16.6. The number of rotatable bonds is 5. The van der Waals surface area contributed by atoms with Gasteiger partial charge in [-0.2, -0.15) is 5.10 Å². The van der Waals surface area contributed by atoms with Crippen LogP contribution in [0.1, 0.15) is 5.56 Å². The molecule has 0 atom stereocenters. The summed E-state index contributed by atoms with van der Waals surface area (Å²) in [6.07, 6.45) is 1.46. The highest BCUT2D eigenvalue weighted by molar-refractivity contribution is 6.33. The molecule has 2 rings (SSSR count). The third kappa shape index (κ3) is 3.02. The zero-order valence-corrected chi connectivity index (χ0v) is 9.85. The van der Waals surface area contributed by atoms with Gasteiger partial charge in [0.25, 0.3) is 0 Å². The Balaban J connectivity index is 2.05. The van der Waals surface area contributed by atoms with E-state index < -0.39 is 7.32 Å². The van der Waals surface area contributed by atoms with Crippen LogP contribution in [0.2, 0.25) is 0 Å². The Kier molecular flexibility index (Phi) is 3.86. The Hall–Kier alpha value is -1.99.